The Kier molecular flexibility index (Phi) is 7.01. The van der Waals surface area contributed by atoms with Gasteiger partial charge in [-0.15, -0.1) is 0 Å². The van der Waals surface area contributed by atoms with Gasteiger partial charge in [0.2, 0.25) is 0 Å². The van der Waals surface area contributed by atoms with Crippen LogP contribution in [0.4, 0.5) is 0 Å². The lowest BCUT2D eigenvalue weighted by Gasteiger charge is -2.15. The maximum Gasteiger partial charge on any atom is 0.126 e. The van der Waals surface area contributed by atoms with Gasteiger partial charge in [-0.2, -0.15) is 0 Å². The zero-order valence-corrected chi connectivity index (χ0v) is 18.6. The number of benzene rings is 3. The lowest BCUT2D eigenvalue weighted by molar-refractivity contribution is 0.378. The Morgan fingerprint density at radius 1 is 0.839 bits per heavy atom. The highest BCUT2D eigenvalue weighted by molar-refractivity contribution is 5.83. The van der Waals surface area contributed by atoms with Crippen molar-refractivity contribution in [1.82, 2.24) is 4.90 Å². The molecular formula is C29H31NO. The topological polar surface area (TPSA) is 12.5 Å². The number of fused-ring (bicyclic) bond motifs is 2. The molecule has 2 heteroatoms. The number of methoxy groups -OCH3 is 1. The zero-order chi connectivity index (χ0) is 21.5. The Balaban J connectivity index is 1.44. The van der Waals surface area contributed by atoms with Crippen molar-refractivity contribution in [3.63, 3.8) is 0 Å². The average molecular weight is 410 g/mol. The largest absolute Gasteiger partial charge is 0.496 e. The Morgan fingerprint density at radius 2 is 1.45 bits per heavy atom. The van der Waals surface area contributed by atoms with E-state index in [9.17, 15) is 0 Å². The lowest BCUT2D eigenvalue weighted by Crippen LogP contribution is -2.19. The molecule has 0 fully saturated rings. The number of likely N-dealkylation sites (N-methyl/N-ethyl adjacent to an activating group) is 1. The average Bonchev–Trinajstić information content (AvgIpc) is 2.97. The predicted molar refractivity (Wildman–Crippen MR) is 132 cm³/mol. The summed E-state index contributed by atoms with van der Waals surface area (Å²) < 4.78 is 5.43. The van der Waals surface area contributed by atoms with Crippen LogP contribution >= 0.6 is 0 Å². The zero-order valence-electron chi connectivity index (χ0n) is 18.6. The molecular weight excluding hydrogens is 378 g/mol. The number of hydrogen-bond donors (Lipinski definition) is 0. The summed E-state index contributed by atoms with van der Waals surface area (Å²) in [6, 6.07) is 25.9. The van der Waals surface area contributed by atoms with Gasteiger partial charge < -0.3 is 9.64 Å². The first-order valence-corrected chi connectivity index (χ1v) is 11.1. The first-order valence-electron chi connectivity index (χ1n) is 11.1. The molecule has 0 amide bonds. The fraction of sp³-hybridized carbons (Fsp3) is 0.241. The van der Waals surface area contributed by atoms with Crippen molar-refractivity contribution in [2.24, 2.45) is 0 Å². The lowest BCUT2D eigenvalue weighted by atomic mass is 9.93. The van der Waals surface area contributed by atoms with Crippen LogP contribution in [0, 0.1) is 0 Å². The fourth-order valence-electron chi connectivity index (χ4n) is 4.32. The summed E-state index contributed by atoms with van der Waals surface area (Å²) in [7, 11) is 3.90. The summed E-state index contributed by atoms with van der Waals surface area (Å²) >= 11 is 0. The Hall–Kier alpha value is -3.10. The van der Waals surface area contributed by atoms with Crippen LogP contribution in [0.5, 0.6) is 5.75 Å². The highest BCUT2D eigenvalue weighted by Crippen LogP contribution is 2.33. The van der Waals surface area contributed by atoms with E-state index < -0.39 is 0 Å². The van der Waals surface area contributed by atoms with Crippen LogP contribution in [-0.4, -0.2) is 32.1 Å². The number of nitrogens with zero attached hydrogens (tertiary/aromatic N) is 1. The molecule has 0 heterocycles. The summed E-state index contributed by atoms with van der Waals surface area (Å²) in [4.78, 5) is 2.36. The third kappa shape index (κ3) is 5.15. The van der Waals surface area contributed by atoms with Crippen molar-refractivity contribution in [3.05, 3.63) is 113 Å². The molecule has 1 aliphatic carbocycles. The van der Waals surface area contributed by atoms with Gasteiger partial charge >= 0.3 is 0 Å². The summed E-state index contributed by atoms with van der Waals surface area (Å²) in [5.41, 5.74) is 8.21. The molecule has 0 aromatic heterocycles. The first-order chi connectivity index (χ1) is 15.3. The van der Waals surface area contributed by atoms with E-state index in [-0.39, 0.29) is 0 Å². The van der Waals surface area contributed by atoms with E-state index in [0.29, 0.717) is 0 Å². The summed E-state index contributed by atoms with van der Waals surface area (Å²) in [6.45, 7) is 1.93. The van der Waals surface area contributed by atoms with Crippen LogP contribution in [-0.2, 0) is 12.8 Å². The van der Waals surface area contributed by atoms with E-state index >= 15 is 0 Å². The van der Waals surface area contributed by atoms with Gasteiger partial charge in [0, 0.05) is 18.7 Å². The molecule has 0 bridgehead atoms. The van der Waals surface area contributed by atoms with Crippen LogP contribution in [0.2, 0.25) is 0 Å². The van der Waals surface area contributed by atoms with Crippen molar-refractivity contribution in [2.75, 3.05) is 27.2 Å². The molecule has 0 saturated heterocycles. The molecule has 0 radical (unpaired) electrons. The van der Waals surface area contributed by atoms with Crippen LogP contribution < -0.4 is 4.74 Å². The van der Waals surface area contributed by atoms with Crippen LogP contribution in [0.15, 0.2) is 84.9 Å². The molecule has 3 aromatic carbocycles. The molecule has 0 atom stereocenters. The third-order valence-electron chi connectivity index (χ3n) is 5.99. The monoisotopic (exact) mass is 409 g/mol. The second-order valence-corrected chi connectivity index (χ2v) is 8.13. The van der Waals surface area contributed by atoms with Crippen LogP contribution in [0.1, 0.15) is 34.2 Å². The van der Waals surface area contributed by atoms with Gasteiger partial charge in [0.1, 0.15) is 5.75 Å². The molecule has 31 heavy (non-hydrogen) atoms. The van der Waals surface area contributed by atoms with E-state index in [0.717, 1.165) is 43.7 Å². The summed E-state index contributed by atoms with van der Waals surface area (Å²) in [5, 5.41) is 0. The maximum atomic E-state index is 5.43. The number of ether oxygens (including phenoxy) is 1. The minimum atomic E-state index is 0.911. The molecule has 0 aliphatic heterocycles. The van der Waals surface area contributed by atoms with E-state index in [1.807, 2.05) is 18.2 Å². The highest BCUT2D eigenvalue weighted by atomic mass is 16.5. The molecule has 2 nitrogen and oxygen atoms in total. The second kappa shape index (κ2) is 10.3. The molecule has 0 saturated carbocycles. The normalized spacial score (nSPS) is 13.1. The number of rotatable bonds is 7. The van der Waals surface area contributed by atoms with Crippen LogP contribution in [0.25, 0.3) is 11.6 Å². The number of aryl methyl sites for hydroxylation is 2. The van der Waals surface area contributed by atoms with Crippen molar-refractivity contribution in [1.29, 1.82) is 0 Å². The maximum absolute atomic E-state index is 5.43. The van der Waals surface area contributed by atoms with E-state index in [1.165, 1.54) is 27.8 Å². The van der Waals surface area contributed by atoms with E-state index in [2.05, 4.69) is 84.8 Å². The fourth-order valence-corrected chi connectivity index (χ4v) is 4.32. The molecule has 4 rings (SSSR count). The van der Waals surface area contributed by atoms with Crippen molar-refractivity contribution in [3.8, 4) is 5.75 Å². The Morgan fingerprint density at radius 3 is 2.13 bits per heavy atom. The van der Waals surface area contributed by atoms with Gasteiger partial charge in [0.05, 0.1) is 7.11 Å². The van der Waals surface area contributed by atoms with Crippen molar-refractivity contribution in [2.45, 2.75) is 19.3 Å². The van der Waals surface area contributed by atoms with E-state index in [1.54, 1.807) is 7.11 Å². The van der Waals surface area contributed by atoms with Gasteiger partial charge in [0.25, 0.3) is 0 Å². The second-order valence-electron chi connectivity index (χ2n) is 8.13. The minimum absolute atomic E-state index is 0.911. The van der Waals surface area contributed by atoms with Gasteiger partial charge in [0.15, 0.2) is 0 Å². The first kappa shape index (κ1) is 21.1. The minimum Gasteiger partial charge on any atom is -0.496 e. The molecule has 158 valence electrons. The third-order valence-corrected chi connectivity index (χ3v) is 5.99. The Bertz CT molecular complexity index is 1030. The number of para-hydroxylation sites is 1. The van der Waals surface area contributed by atoms with Crippen LogP contribution in [0.3, 0.4) is 0 Å². The van der Waals surface area contributed by atoms with Gasteiger partial charge in [-0.25, -0.2) is 0 Å². The molecule has 0 N–H and O–H groups in total. The molecule has 3 aromatic rings. The quantitative estimate of drug-likeness (QED) is 0.457. The van der Waals surface area contributed by atoms with Gasteiger partial charge in [-0.1, -0.05) is 85.0 Å². The van der Waals surface area contributed by atoms with Crippen molar-refractivity contribution < 1.29 is 4.74 Å². The van der Waals surface area contributed by atoms with E-state index in [4.69, 9.17) is 4.74 Å². The number of hydrogen-bond acceptors (Lipinski definition) is 2. The highest BCUT2D eigenvalue weighted by Gasteiger charge is 2.17. The van der Waals surface area contributed by atoms with Gasteiger partial charge in [-0.3, -0.25) is 0 Å². The Labute approximate surface area is 186 Å². The molecule has 0 spiro atoms. The SMILES string of the molecule is COc1ccccc1C=CCN(C)CCC=C1c2ccccc2CCc2ccccc21. The van der Waals surface area contributed by atoms with Crippen molar-refractivity contribution >= 4 is 11.6 Å². The summed E-state index contributed by atoms with van der Waals surface area (Å²) in [5.74, 6) is 0.914. The predicted octanol–water partition coefficient (Wildman–Crippen LogP) is 6.26. The summed E-state index contributed by atoms with van der Waals surface area (Å²) in [6.07, 6.45) is 10.0. The standard InChI is InChI=1S/C29H31NO/c1-30(21-9-14-25-13-5-8-18-29(25)31-2)22-10-17-28-26-15-6-3-11-23(26)19-20-24-12-4-7-16-27(24)28/h3-9,11-18H,10,19-22H2,1-2H3. The molecule has 1 aliphatic rings. The molecule has 0 unspecified atom stereocenters. The smallest absolute Gasteiger partial charge is 0.126 e. The van der Waals surface area contributed by atoms with Gasteiger partial charge in [-0.05, 0) is 60.2 Å².